The summed E-state index contributed by atoms with van der Waals surface area (Å²) >= 11 is 1.75. The monoisotopic (exact) mass is 277 g/mol. The van der Waals surface area contributed by atoms with Crippen molar-refractivity contribution in [2.75, 3.05) is 5.32 Å². The van der Waals surface area contributed by atoms with E-state index in [9.17, 15) is 4.79 Å². The van der Waals surface area contributed by atoms with E-state index in [2.05, 4.69) is 35.2 Å². The van der Waals surface area contributed by atoms with Gasteiger partial charge in [-0.05, 0) is 32.4 Å². The number of carbonyl (C=O) groups is 1. The van der Waals surface area contributed by atoms with Gasteiger partial charge in [0.05, 0.1) is 18.4 Å². The number of nitrogens with one attached hydrogen (secondary N) is 1. The second-order valence-electron chi connectivity index (χ2n) is 4.33. The van der Waals surface area contributed by atoms with Gasteiger partial charge in [-0.25, -0.2) is 9.78 Å². The maximum atomic E-state index is 10.8. The number of aromatic nitrogens is 2. The highest BCUT2D eigenvalue weighted by Crippen LogP contribution is 2.27. The number of anilines is 1. The molecule has 0 saturated carbocycles. The fourth-order valence-corrected chi connectivity index (χ4v) is 2.94. The first kappa shape index (κ1) is 13.5. The van der Waals surface area contributed by atoms with Crippen LogP contribution in [0.5, 0.6) is 0 Å². The molecule has 0 fully saturated rings. The van der Waals surface area contributed by atoms with Gasteiger partial charge in [0.2, 0.25) is 0 Å². The molecule has 19 heavy (non-hydrogen) atoms. The van der Waals surface area contributed by atoms with E-state index in [4.69, 9.17) is 5.11 Å². The summed E-state index contributed by atoms with van der Waals surface area (Å²) in [6, 6.07) is 2.19. The van der Waals surface area contributed by atoms with E-state index in [-0.39, 0.29) is 11.7 Å². The number of carboxylic acids is 1. The summed E-state index contributed by atoms with van der Waals surface area (Å²) in [5.74, 6) is -0.609. The van der Waals surface area contributed by atoms with E-state index in [1.807, 2.05) is 6.92 Å². The molecule has 2 rings (SSSR count). The summed E-state index contributed by atoms with van der Waals surface area (Å²) in [6.45, 7) is 6.16. The Morgan fingerprint density at radius 1 is 1.42 bits per heavy atom. The van der Waals surface area contributed by atoms with Gasteiger partial charge in [-0.1, -0.05) is 0 Å². The van der Waals surface area contributed by atoms with Crippen LogP contribution in [-0.4, -0.2) is 21.0 Å². The number of hydrogen-bond acceptors (Lipinski definition) is 5. The minimum atomic E-state index is -1.08. The number of hydrogen-bond donors (Lipinski definition) is 2. The Morgan fingerprint density at radius 3 is 2.74 bits per heavy atom. The van der Waals surface area contributed by atoms with Crippen molar-refractivity contribution in [3.63, 3.8) is 0 Å². The number of carboxylic acid groups (broad SMARTS) is 1. The third-order valence-corrected chi connectivity index (χ3v) is 3.75. The van der Waals surface area contributed by atoms with Crippen molar-refractivity contribution in [3.8, 4) is 0 Å². The van der Waals surface area contributed by atoms with Crippen molar-refractivity contribution in [1.82, 2.24) is 9.97 Å². The molecule has 0 spiro atoms. The van der Waals surface area contributed by atoms with Crippen molar-refractivity contribution in [2.45, 2.75) is 26.8 Å². The van der Waals surface area contributed by atoms with Crippen LogP contribution in [0.15, 0.2) is 18.5 Å². The molecule has 0 aliphatic heterocycles. The first-order valence-corrected chi connectivity index (χ1v) is 6.68. The average Bonchev–Trinajstić information content (AvgIpc) is 2.69. The average molecular weight is 277 g/mol. The third-order valence-electron chi connectivity index (χ3n) is 2.76. The molecule has 2 N–H and O–H groups in total. The molecule has 2 aromatic rings. The van der Waals surface area contributed by atoms with E-state index in [1.165, 1.54) is 27.7 Å². The van der Waals surface area contributed by atoms with Crippen molar-refractivity contribution in [1.29, 1.82) is 0 Å². The number of rotatable bonds is 4. The van der Waals surface area contributed by atoms with Crippen LogP contribution in [0.3, 0.4) is 0 Å². The molecule has 0 saturated heterocycles. The van der Waals surface area contributed by atoms with Gasteiger partial charge in [0, 0.05) is 9.75 Å². The Bertz CT molecular complexity index is 610. The molecule has 0 aromatic carbocycles. The smallest absolute Gasteiger partial charge is 0.356 e. The van der Waals surface area contributed by atoms with Crippen LogP contribution in [-0.2, 0) is 0 Å². The Hall–Kier alpha value is -1.95. The lowest BCUT2D eigenvalue weighted by Gasteiger charge is -2.14. The van der Waals surface area contributed by atoms with Crippen molar-refractivity contribution in [2.24, 2.45) is 0 Å². The molecule has 1 unspecified atom stereocenters. The molecule has 0 aliphatic carbocycles. The largest absolute Gasteiger partial charge is 0.476 e. The Labute approximate surface area is 115 Å². The maximum Gasteiger partial charge on any atom is 0.356 e. The van der Waals surface area contributed by atoms with Gasteiger partial charge >= 0.3 is 5.97 Å². The molecule has 2 heterocycles. The molecular weight excluding hydrogens is 262 g/mol. The van der Waals surface area contributed by atoms with E-state index >= 15 is 0 Å². The van der Waals surface area contributed by atoms with Crippen molar-refractivity contribution >= 4 is 23.1 Å². The van der Waals surface area contributed by atoms with Crippen LogP contribution in [0.1, 0.15) is 38.8 Å². The summed E-state index contributed by atoms with van der Waals surface area (Å²) in [4.78, 5) is 21.2. The normalized spacial score (nSPS) is 12.2. The molecule has 0 amide bonds. The van der Waals surface area contributed by atoms with Gasteiger partial charge in [-0.15, -0.1) is 11.3 Å². The highest BCUT2D eigenvalue weighted by molar-refractivity contribution is 7.12. The van der Waals surface area contributed by atoms with Crippen LogP contribution < -0.4 is 5.32 Å². The Morgan fingerprint density at radius 2 is 2.16 bits per heavy atom. The van der Waals surface area contributed by atoms with Crippen LogP contribution >= 0.6 is 11.3 Å². The standard InChI is InChI=1S/C13H15N3O2S/c1-7-4-10(9(3)19-7)8(2)15-12-6-14-5-11(16-12)13(17)18/h4-6,8H,1-3H3,(H,15,16)(H,17,18). The maximum absolute atomic E-state index is 10.8. The molecule has 0 aliphatic rings. The summed E-state index contributed by atoms with van der Waals surface area (Å²) in [5.41, 5.74) is 1.14. The summed E-state index contributed by atoms with van der Waals surface area (Å²) < 4.78 is 0. The number of aryl methyl sites for hydroxylation is 2. The fourth-order valence-electron chi connectivity index (χ4n) is 1.92. The topological polar surface area (TPSA) is 75.1 Å². The van der Waals surface area contributed by atoms with E-state index in [0.717, 1.165) is 0 Å². The molecule has 1 atom stereocenters. The Balaban J connectivity index is 2.19. The summed E-state index contributed by atoms with van der Waals surface area (Å²) in [7, 11) is 0. The van der Waals surface area contributed by atoms with Crippen molar-refractivity contribution in [3.05, 3.63) is 39.5 Å². The predicted octanol–water partition coefficient (Wildman–Crippen LogP) is 3.03. The summed E-state index contributed by atoms with van der Waals surface area (Å²) in [5, 5.41) is 12.1. The zero-order valence-corrected chi connectivity index (χ0v) is 11.8. The van der Waals surface area contributed by atoms with Gasteiger partial charge in [0.25, 0.3) is 0 Å². The lowest BCUT2D eigenvalue weighted by atomic mass is 10.1. The number of aromatic carboxylic acids is 1. The van der Waals surface area contributed by atoms with Crippen LogP contribution in [0.25, 0.3) is 0 Å². The number of nitrogens with zero attached hydrogens (tertiary/aromatic N) is 2. The van der Waals surface area contributed by atoms with Crippen LogP contribution in [0.4, 0.5) is 5.82 Å². The zero-order chi connectivity index (χ0) is 14.0. The van der Waals surface area contributed by atoms with E-state index in [1.54, 1.807) is 11.3 Å². The minimum Gasteiger partial charge on any atom is -0.476 e. The lowest BCUT2D eigenvalue weighted by Crippen LogP contribution is -2.10. The molecule has 2 aromatic heterocycles. The van der Waals surface area contributed by atoms with Gasteiger partial charge in [-0.2, -0.15) is 0 Å². The van der Waals surface area contributed by atoms with Crippen molar-refractivity contribution < 1.29 is 9.90 Å². The van der Waals surface area contributed by atoms with E-state index < -0.39 is 5.97 Å². The predicted molar refractivity (Wildman–Crippen MR) is 74.8 cm³/mol. The summed E-state index contributed by atoms with van der Waals surface area (Å²) in [6.07, 6.45) is 2.76. The molecule has 5 nitrogen and oxygen atoms in total. The molecule has 6 heteroatoms. The van der Waals surface area contributed by atoms with Gasteiger partial charge in [0.15, 0.2) is 5.69 Å². The third kappa shape index (κ3) is 3.08. The first-order valence-electron chi connectivity index (χ1n) is 5.86. The number of thiophene rings is 1. The Kier molecular flexibility index (Phi) is 3.80. The first-order chi connectivity index (χ1) is 8.97. The van der Waals surface area contributed by atoms with Gasteiger partial charge in [0.1, 0.15) is 5.82 Å². The zero-order valence-electron chi connectivity index (χ0n) is 11.0. The van der Waals surface area contributed by atoms with Crippen LogP contribution in [0.2, 0.25) is 0 Å². The SMILES string of the molecule is Cc1cc(C(C)Nc2cncc(C(=O)O)n2)c(C)s1. The second kappa shape index (κ2) is 5.36. The van der Waals surface area contributed by atoms with Gasteiger partial charge in [-0.3, -0.25) is 4.98 Å². The highest BCUT2D eigenvalue weighted by Gasteiger charge is 2.13. The quantitative estimate of drug-likeness (QED) is 0.898. The van der Waals surface area contributed by atoms with E-state index in [0.29, 0.717) is 5.82 Å². The van der Waals surface area contributed by atoms with Crippen LogP contribution in [0, 0.1) is 13.8 Å². The minimum absolute atomic E-state index is 0.0586. The lowest BCUT2D eigenvalue weighted by molar-refractivity contribution is 0.0690. The highest BCUT2D eigenvalue weighted by atomic mass is 32.1. The van der Waals surface area contributed by atoms with Gasteiger partial charge < -0.3 is 10.4 Å². The second-order valence-corrected chi connectivity index (χ2v) is 5.79. The molecular formula is C13H15N3O2S. The molecule has 0 radical (unpaired) electrons. The molecule has 100 valence electrons. The molecule has 0 bridgehead atoms. The fraction of sp³-hybridized carbons (Fsp3) is 0.308.